The molecule has 1 aliphatic rings. The number of hydrogen-bond acceptors (Lipinski definition) is 5. The number of hydrogen-bond donors (Lipinski definition) is 1. The van der Waals surface area contributed by atoms with Gasteiger partial charge in [0.15, 0.2) is 18.1 Å². The van der Waals surface area contributed by atoms with E-state index in [9.17, 15) is 9.59 Å². The van der Waals surface area contributed by atoms with Crippen molar-refractivity contribution in [1.82, 2.24) is 5.32 Å². The summed E-state index contributed by atoms with van der Waals surface area (Å²) in [5, 5.41) is 2.75. The van der Waals surface area contributed by atoms with E-state index >= 15 is 0 Å². The van der Waals surface area contributed by atoms with Crippen LogP contribution in [0.15, 0.2) is 36.4 Å². The van der Waals surface area contributed by atoms with Gasteiger partial charge in [0.05, 0.1) is 5.56 Å². The summed E-state index contributed by atoms with van der Waals surface area (Å²) < 4.78 is 16.1. The zero-order valence-corrected chi connectivity index (χ0v) is 15.5. The Balaban J connectivity index is 1.42. The fraction of sp³-hybridized carbons (Fsp3) is 0.333. The van der Waals surface area contributed by atoms with E-state index in [0.29, 0.717) is 31.7 Å². The Morgan fingerprint density at radius 2 is 1.81 bits per heavy atom. The summed E-state index contributed by atoms with van der Waals surface area (Å²) in [5.74, 6) is 0.653. The summed E-state index contributed by atoms with van der Waals surface area (Å²) in [7, 11) is 0. The molecule has 1 heterocycles. The third kappa shape index (κ3) is 5.00. The Hall–Kier alpha value is -3.02. The van der Waals surface area contributed by atoms with Gasteiger partial charge in [0, 0.05) is 6.54 Å². The van der Waals surface area contributed by atoms with E-state index in [4.69, 9.17) is 14.2 Å². The molecule has 0 saturated heterocycles. The molecule has 2 aromatic carbocycles. The average molecular weight is 369 g/mol. The van der Waals surface area contributed by atoms with Gasteiger partial charge in [0.2, 0.25) is 0 Å². The maximum absolute atomic E-state index is 12.1. The van der Waals surface area contributed by atoms with Crippen LogP contribution in [0.1, 0.15) is 27.0 Å². The van der Waals surface area contributed by atoms with Crippen molar-refractivity contribution >= 4 is 11.9 Å². The number of rotatable bonds is 6. The molecule has 27 heavy (non-hydrogen) atoms. The smallest absolute Gasteiger partial charge is 0.338 e. The fourth-order valence-corrected chi connectivity index (χ4v) is 2.89. The number of fused-ring (bicyclic) bond motifs is 1. The number of benzene rings is 2. The lowest BCUT2D eigenvalue weighted by Crippen LogP contribution is -2.30. The second kappa shape index (κ2) is 8.58. The molecule has 2 aromatic rings. The van der Waals surface area contributed by atoms with Gasteiger partial charge < -0.3 is 19.5 Å². The van der Waals surface area contributed by atoms with Gasteiger partial charge in [-0.1, -0.05) is 23.8 Å². The standard InChI is InChI=1S/C21H23NO5/c1-14-3-5-17(15(2)11-14)21(24)27-13-20(23)22-8-7-16-4-6-18-19(12-16)26-10-9-25-18/h3-6,11-12H,7-10,13H2,1-2H3,(H,22,23). The van der Waals surface area contributed by atoms with E-state index in [-0.39, 0.29) is 12.5 Å². The first kappa shape index (κ1) is 18.8. The number of nitrogens with one attached hydrogen (secondary N) is 1. The minimum Gasteiger partial charge on any atom is -0.486 e. The molecule has 6 nitrogen and oxygen atoms in total. The van der Waals surface area contributed by atoms with E-state index in [0.717, 1.165) is 28.2 Å². The lowest BCUT2D eigenvalue weighted by Gasteiger charge is -2.18. The zero-order chi connectivity index (χ0) is 19.2. The molecule has 6 heteroatoms. The highest BCUT2D eigenvalue weighted by molar-refractivity contribution is 5.92. The van der Waals surface area contributed by atoms with Gasteiger partial charge in [-0.3, -0.25) is 4.79 Å². The molecule has 1 aliphatic heterocycles. The highest BCUT2D eigenvalue weighted by atomic mass is 16.6. The molecule has 0 atom stereocenters. The molecule has 0 saturated carbocycles. The second-order valence-corrected chi connectivity index (χ2v) is 6.47. The Morgan fingerprint density at radius 1 is 1.04 bits per heavy atom. The predicted octanol–water partition coefficient (Wildman–Crippen LogP) is 2.59. The van der Waals surface area contributed by atoms with Crippen molar-refractivity contribution < 1.29 is 23.8 Å². The summed E-state index contributed by atoms with van der Waals surface area (Å²) in [4.78, 5) is 24.0. The number of carbonyl (C=O) groups excluding carboxylic acids is 2. The third-order valence-corrected chi connectivity index (χ3v) is 4.28. The first-order chi connectivity index (χ1) is 13.0. The van der Waals surface area contributed by atoms with Crippen molar-refractivity contribution in [3.05, 3.63) is 58.7 Å². The molecule has 0 radical (unpaired) electrons. The molecule has 1 N–H and O–H groups in total. The molecule has 0 spiro atoms. The van der Waals surface area contributed by atoms with E-state index in [1.54, 1.807) is 6.07 Å². The van der Waals surface area contributed by atoms with Gasteiger partial charge in [-0.05, 0) is 49.6 Å². The molecule has 142 valence electrons. The molecular formula is C21H23NO5. The van der Waals surface area contributed by atoms with E-state index in [1.807, 2.05) is 44.2 Å². The number of aryl methyl sites for hydroxylation is 2. The molecule has 0 aliphatic carbocycles. The van der Waals surface area contributed by atoms with E-state index in [2.05, 4.69) is 5.32 Å². The molecule has 0 unspecified atom stereocenters. The molecular weight excluding hydrogens is 346 g/mol. The van der Waals surface area contributed by atoms with Crippen LogP contribution in [-0.2, 0) is 16.0 Å². The lowest BCUT2D eigenvalue weighted by atomic mass is 10.1. The Bertz CT molecular complexity index is 846. The van der Waals surface area contributed by atoms with Crippen molar-refractivity contribution in [3.63, 3.8) is 0 Å². The van der Waals surface area contributed by atoms with Crippen molar-refractivity contribution in [2.45, 2.75) is 20.3 Å². The number of esters is 1. The summed E-state index contributed by atoms with van der Waals surface area (Å²) in [5.41, 5.74) is 3.41. The largest absolute Gasteiger partial charge is 0.486 e. The monoisotopic (exact) mass is 369 g/mol. The zero-order valence-electron chi connectivity index (χ0n) is 15.5. The lowest BCUT2D eigenvalue weighted by molar-refractivity contribution is -0.124. The molecule has 0 aromatic heterocycles. The topological polar surface area (TPSA) is 73.9 Å². The molecule has 3 rings (SSSR count). The minimum absolute atomic E-state index is 0.298. The van der Waals surface area contributed by atoms with E-state index < -0.39 is 5.97 Å². The van der Waals surface area contributed by atoms with Gasteiger partial charge in [-0.25, -0.2) is 4.79 Å². The van der Waals surface area contributed by atoms with Crippen LogP contribution in [0.2, 0.25) is 0 Å². The number of amides is 1. The quantitative estimate of drug-likeness (QED) is 0.793. The SMILES string of the molecule is Cc1ccc(C(=O)OCC(=O)NCCc2ccc3c(c2)OCCO3)c(C)c1. The first-order valence-electron chi connectivity index (χ1n) is 8.92. The van der Waals surface area contributed by atoms with Crippen LogP contribution in [0.5, 0.6) is 11.5 Å². The van der Waals surface area contributed by atoms with Gasteiger partial charge in [0.25, 0.3) is 5.91 Å². The molecule has 0 fully saturated rings. The summed E-state index contributed by atoms with van der Waals surface area (Å²) in [6.45, 7) is 5.05. The highest BCUT2D eigenvalue weighted by Crippen LogP contribution is 2.30. The Kier molecular flexibility index (Phi) is 5.96. The van der Waals surface area contributed by atoms with Gasteiger partial charge in [-0.2, -0.15) is 0 Å². The summed E-state index contributed by atoms with van der Waals surface area (Å²) in [6, 6.07) is 11.2. The summed E-state index contributed by atoms with van der Waals surface area (Å²) >= 11 is 0. The normalized spacial score (nSPS) is 12.4. The first-order valence-corrected chi connectivity index (χ1v) is 8.92. The maximum Gasteiger partial charge on any atom is 0.338 e. The van der Waals surface area contributed by atoms with Crippen molar-refractivity contribution in [1.29, 1.82) is 0 Å². The van der Waals surface area contributed by atoms with Crippen LogP contribution in [0.25, 0.3) is 0 Å². The van der Waals surface area contributed by atoms with Crippen LogP contribution in [-0.4, -0.2) is 38.2 Å². The fourth-order valence-electron chi connectivity index (χ4n) is 2.89. The van der Waals surface area contributed by atoms with Crippen molar-refractivity contribution in [3.8, 4) is 11.5 Å². The minimum atomic E-state index is -0.491. The van der Waals surface area contributed by atoms with E-state index in [1.165, 1.54) is 0 Å². The highest BCUT2D eigenvalue weighted by Gasteiger charge is 2.13. The maximum atomic E-state index is 12.1. The van der Waals surface area contributed by atoms with Crippen molar-refractivity contribution in [2.24, 2.45) is 0 Å². The summed E-state index contributed by atoms with van der Waals surface area (Å²) in [6.07, 6.45) is 0.646. The van der Waals surface area contributed by atoms with Crippen LogP contribution < -0.4 is 14.8 Å². The number of ether oxygens (including phenoxy) is 3. The van der Waals surface area contributed by atoms with Gasteiger partial charge in [0.1, 0.15) is 13.2 Å². The Morgan fingerprint density at radius 3 is 2.59 bits per heavy atom. The molecule has 1 amide bonds. The van der Waals surface area contributed by atoms with Crippen LogP contribution in [0, 0.1) is 13.8 Å². The Labute approximate surface area is 158 Å². The van der Waals surface area contributed by atoms with Gasteiger partial charge >= 0.3 is 5.97 Å². The predicted molar refractivity (Wildman–Crippen MR) is 100 cm³/mol. The molecule has 0 bridgehead atoms. The van der Waals surface area contributed by atoms with Crippen LogP contribution in [0.4, 0.5) is 0 Å². The average Bonchev–Trinajstić information content (AvgIpc) is 2.66. The third-order valence-electron chi connectivity index (χ3n) is 4.28. The van der Waals surface area contributed by atoms with Crippen molar-refractivity contribution in [2.75, 3.05) is 26.4 Å². The second-order valence-electron chi connectivity index (χ2n) is 6.47. The number of carbonyl (C=O) groups is 2. The van der Waals surface area contributed by atoms with Gasteiger partial charge in [-0.15, -0.1) is 0 Å². The van der Waals surface area contributed by atoms with Crippen LogP contribution in [0.3, 0.4) is 0 Å². The van der Waals surface area contributed by atoms with Crippen LogP contribution >= 0.6 is 0 Å².